The maximum atomic E-state index is 9.32. The van der Waals surface area contributed by atoms with Gasteiger partial charge in [-0.25, -0.2) is 0 Å². The molecule has 15 heavy (non-hydrogen) atoms. The monoisotopic (exact) mass is 206 g/mol. The van der Waals surface area contributed by atoms with Gasteiger partial charge in [0.1, 0.15) is 0 Å². The zero-order chi connectivity index (χ0) is 11.1. The van der Waals surface area contributed by atoms with Gasteiger partial charge in [-0.05, 0) is 30.2 Å². The summed E-state index contributed by atoms with van der Waals surface area (Å²) in [6, 6.07) is 6.22. The number of benzene rings is 1. The van der Waals surface area contributed by atoms with E-state index in [4.69, 9.17) is 5.73 Å². The third-order valence-corrected chi connectivity index (χ3v) is 3.23. The molecule has 1 unspecified atom stereocenters. The van der Waals surface area contributed by atoms with E-state index >= 15 is 0 Å². The number of hydrogen-bond donors (Lipinski definition) is 3. The normalized spacial score (nSPS) is 19.8. The van der Waals surface area contributed by atoms with Crippen LogP contribution in [0, 0.1) is 5.41 Å². The smallest absolute Gasteiger partial charge is 0.0501 e. The molecule has 0 bridgehead atoms. The molecule has 0 radical (unpaired) electrons. The number of aliphatic hydroxyl groups excluding tert-OH is 1. The Hall–Kier alpha value is -1.22. The highest BCUT2D eigenvalue weighted by molar-refractivity contribution is 5.62. The lowest BCUT2D eigenvalue weighted by Crippen LogP contribution is -2.37. The molecule has 0 saturated heterocycles. The van der Waals surface area contributed by atoms with Crippen molar-refractivity contribution in [2.24, 2.45) is 5.41 Å². The largest absolute Gasteiger partial charge is 0.399 e. The van der Waals surface area contributed by atoms with Crippen LogP contribution in [0.25, 0.3) is 0 Å². The Labute approximate surface area is 90.3 Å². The molecule has 3 nitrogen and oxygen atoms in total. The van der Waals surface area contributed by atoms with Crippen molar-refractivity contribution < 1.29 is 5.11 Å². The Balaban J connectivity index is 2.22. The number of nitrogens with two attached hydrogens (primary N) is 1. The molecule has 0 spiro atoms. The van der Waals surface area contributed by atoms with E-state index in [1.165, 1.54) is 5.56 Å². The first-order valence-corrected chi connectivity index (χ1v) is 5.29. The summed E-state index contributed by atoms with van der Waals surface area (Å²) in [7, 11) is 0. The summed E-state index contributed by atoms with van der Waals surface area (Å²) in [5.41, 5.74) is 8.84. The van der Waals surface area contributed by atoms with Crippen molar-refractivity contribution in [1.82, 2.24) is 0 Å². The number of hydrogen-bond acceptors (Lipinski definition) is 3. The van der Waals surface area contributed by atoms with Crippen molar-refractivity contribution in [3.8, 4) is 0 Å². The van der Waals surface area contributed by atoms with E-state index in [9.17, 15) is 5.11 Å². The molecule has 0 fully saturated rings. The van der Waals surface area contributed by atoms with Crippen molar-refractivity contribution >= 4 is 11.4 Å². The molecule has 1 heterocycles. The standard InChI is InChI=1S/C12H18N2O/c1-12(2,7-15)11-6-8-5-9(13)3-4-10(8)14-11/h3-5,11,14-15H,6-7,13H2,1-2H3. The molecule has 0 aliphatic carbocycles. The Morgan fingerprint density at radius 2 is 2.27 bits per heavy atom. The maximum Gasteiger partial charge on any atom is 0.0501 e. The van der Waals surface area contributed by atoms with Gasteiger partial charge in [0.15, 0.2) is 0 Å². The lowest BCUT2D eigenvalue weighted by Gasteiger charge is -2.29. The van der Waals surface area contributed by atoms with Crippen LogP contribution in [0.4, 0.5) is 11.4 Å². The molecular formula is C12H18N2O. The quantitative estimate of drug-likeness (QED) is 0.644. The van der Waals surface area contributed by atoms with E-state index in [0.717, 1.165) is 17.8 Å². The molecule has 1 aliphatic rings. The summed E-state index contributed by atoms with van der Waals surface area (Å²) < 4.78 is 0. The first-order chi connectivity index (χ1) is 7.03. The van der Waals surface area contributed by atoms with Crippen molar-refractivity contribution in [3.63, 3.8) is 0 Å². The number of rotatable bonds is 2. The lowest BCUT2D eigenvalue weighted by molar-refractivity contribution is 0.141. The van der Waals surface area contributed by atoms with Crippen LogP contribution in [0.1, 0.15) is 19.4 Å². The molecular weight excluding hydrogens is 188 g/mol. The minimum Gasteiger partial charge on any atom is -0.399 e. The van der Waals surface area contributed by atoms with Gasteiger partial charge in [-0.2, -0.15) is 0 Å². The van der Waals surface area contributed by atoms with Gasteiger partial charge in [0.2, 0.25) is 0 Å². The molecule has 2 rings (SSSR count). The molecule has 0 aromatic heterocycles. The Morgan fingerprint density at radius 1 is 1.53 bits per heavy atom. The molecule has 1 aromatic carbocycles. The predicted octanol–water partition coefficient (Wildman–Crippen LogP) is 1.62. The molecule has 0 amide bonds. The fourth-order valence-electron chi connectivity index (χ4n) is 1.96. The zero-order valence-electron chi connectivity index (χ0n) is 9.25. The van der Waals surface area contributed by atoms with Crippen LogP contribution in [0.5, 0.6) is 0 Å². The summed E-state index contributed by atoms with van der Waals surface area (Å²) in [5.74, 6) is 0. The number of aliphatic hydroxyl groups is 1. The van der Waals surface area contributed by atoms with Crippen LogP contribution in [-0.4, -0.2) is 17.8 Å². The average molecular weight is 206 g/mol. The Kier molecular flexibility index (Phi) is 2.35. The summed E-state index contributed by atoms with van der Waals surface area (Å²) in [6.07, 6.45) is 0.938. The Bertz CT molecular complexity index is 374. The third kappa shape index (κ3) is 1.79. The van der Waals surface area contributed by atoms with Gasteiger partial charge in [-0.15, -0.1) is 0 Å². The zero-order valence-corrected chi connectivity index (χ0v) is 9.25. The van der Waals surface area contributed by atoms with E-state index < -0.39 is 0 Å². The van der Waals surface area contributed by atoms with Crippen molar-refractivity contribution in [2.75, 3.05) is 17.7 Å². The fraction of sp³-hybridized carbons (Fsp3) is 0.500. The van der Waals surface area contributed by atoms with Gasteiger partial charge < -0.3 is 16.2 Å². The first kappa shape index (κ1) is 10.3. The van der Waals surface area contributed by atoms with Crippen molar-refractivity contribution in [3.05, 3.63) is 23.8 Å². The lowest BCUT2D eigenvalue weighted by atomic mass is 9.84. The topological polar surface area (TPSA) is 58.3 Å². The van der Waals surface area contributed by atoms with Gasteiger partial charge in [-0.3, -0.25) is 0 Å². The third-order valence-electron chi connectivity index (χ3n) is 3.23. The van der Waals surface area contributed by atoms with Crippen molar-refractivity contribution in [1.29, 1.82) is 0 Å². The number of fused-ring (bicyclic) bond motifs is 1. The van der Waals surface area contributed by atoms with Crippen molar-refractivity contribution in [2.45, 2.75) is 26.3 Å². The van der Waals surface area contributed by atoms with Crippen LogP contribution >= 0.6 is 0 Å². The van der Waals surface area contributed by atoms with E-state index in [1.54, 1.807) is 0 Å². The SMILES string of the molecule is CC(C)(CO)C1Cc2cc(N)ccc2N1. The van der Waals surface area contributed by atoms with E-state index in [1.807, 2.05) is 18.2 Å². The van der Waals surface area contributed by atoms with Crippen LogP contribution in [0.3, 0.4) is 0 Å². The minimum atomic E-state index is -0.103. The number of anilines is 2. The van der Waals surface area contributed by atoms with Gasteiger partial charge in [0.25, 0.3) is 0 Å². The first-order valence-electron chi connectivity index (χ1n) is 5.29. The molecule has 3 heteroatoms. The van der Waals surface area contributed by atoms with Crippen LogP contribution in [0.2, 0.25) is 0 Å². The molecule has 1 atom stereocenters. The second kappa shape index (κ2) is 3.42. The van der Waals surface area contributed by atoms with Crippen LogP contribution < -0.4 is 11.1 Å². The highest BCUT2D eigenvalue weighted by Gasteiger charge is 2.33. The fourth-order valence-corrected chi connectivity index (χ4v) is 1.96. The van der Waals surface area contributed by atoms with Crippen LogP contribution in [0.15, 0.2) is 18.2 Å². The summed E-state index contributed by atoms with van der Waals surface area (Å²) in [5, 5.41) is 12.8. The molecule has 1 aromatic rings. The predicted molar refractivity (Wildman–Crippen MR) is 62.8 cm³/mol. The van der Waals surface area contributed by atoms with Gasteiger partial charge in [0, 0.05) is 22.8 Å². The molecule has 0 saturated carbocycles. The second-order valence-electron chi connectivity index (χ2n) is 4.96. The summed E-state index contributed by atoms with van der Waals surface area (Å²) >= 11 is 0. The summed E-state index contributed by atoms with van der Waals surface area (Å²) in [6.45, 7) is 4.33. The minimum absolute atomic E-state index is 0.103. The summed E-state index contributed by atoms with van der Waals surface area (Å²) in [4.78, 5) is 0. The number of nitrogens with one attached hydrogen (secondary N) is 1. The Morgan fingerprint density at radius 3 is 2.93 bits per heavy atom. The van der Waals surface area contributed by atoms with E-state index in [2.05, 4.69) is 19.2 Å². The molecule has 82 valence electrons. The van der Waals surface area contributed by atoms with E-state index in [-0.39, 0.29) is 12.0 Å². The highest BCUT2D eigenvalue weighted by Crippen LogP contribution is 2.35. The molecule has 4 N–H and O–H groups in total. The molecule has 1 aliphatic heterocycles. The van der Waals surface area contributed by atoms with E-state index in [0.29, 0.717) is 6.04 Å². The van der Waals surface area contributed by atoms with Gasteiger partial charge >= 0.3 is 0 Å². The highest BCUT2D eigenvalue weighted by atomic mass is 16.3. The number of nitrogen functional groups attached to an aromatic ring is 1. The maximum absolute atomic E-state index is 9.32. The van der Waals surface area contributed by atoms with Gasteiger partial charge in [-0.1, -0.05) is 13.8 Å². The average Bonchev–Trinajstić information content (AvgIpc) is 2.61. The van der Waals surface area contributed by atoms with Crippen LogP contribution in [-0.2, 0) is 6.42 Å². The van der Waals surface area contributed by atoms with Gasteiger partial charge in [0.05, 0.1) is 6.61 Å². The second-order valence-corrected chi connectivity index (χ2v) is 4.96.